The number of aryl methyl sites for hydroxylation is 1. The summed E-state index contributed by atoms with van der Waals surface area (Å²) >= 11 is 0. The first kappa shape index (κ1) is 16.2. The average Bonchev–Trinajstić information content (AvgIpc) is 2.85. The highest BCUT2D eigenvalue weighted by Crippen LogP contribution is 2.62. The van der Waals surface area contributed by atoms with Crippen LogP contribution in [0.15, 0.2) is 18.2 Å². The molecule has 0 heterocycles. The summed E-state index contributed by atoms with van der Waals surface area (Å²) in [6.45, 7) is 7.32. The molecule has 1 aromatic rings. The van der Waals surface area contributed by atoms with Crippen molar-refractivity contribution in [2.45, 2.75) is 65.2 Å². The van der Waals surface area contributed by atoms with Gasteiger partial charge in [0.25, 0.3) is 0 Å². The Kier molecular flexibility index (Phi) is 3.97. The molecule has 2 fully saturated rings. The van der Waals surface area contributed by atoms with Crippen LogP contribution >= 0.6 is 0 Å². The molecule has 2 heteroatoms. The molecule has 3 aliphatic carbocycles. The van der Waals surface area contributed by atoms with Gasteiger partial charge in [0.15, 0.2) is 0 Å². The van der Waals surface area contributed by atoms with Gasteiger partial charge in [-0.3, -0.25) is 4.79 Å². The molecule has 0 spiro atoms. The molecule has 0 aromatic heterocycles. The number of ketones is 1. The highest BCUT2D eigenvalue weighted by molar-refractivity contribution is 5.87. The number of rotatable bonds is 3. The molecule has 0 N–H and O–H groups in total. The fourth-order valence-corrected chi connectivity index (χ4v) is 6.26. The monoisotopic (exact) mass is 326 g/mol. The third-order valence-electron chi connectivity index (χ3n) is 7.38. The minimum Gasteiger partial charge on any atom is -0.494 e. The minimum absolute atomic E-state index is 0.0371. The average molecular weight is 326 g/mol. The van der Waals surface area contributed by atoms with Gasteiger partial charge in [0.2, 0.25) is 0 Å². The molecule has 0 saturated heterocycles. The predicted octanol–water partition coefficient (Wildman–Crippen LogP) is 5.15. The Bertz CT molecular complexity index is 649. The van der Waals surface area contributed by atoms with Crippen LogP contribution in [0.3, 0.4) is 0 Å². The van der Waals surface area contributed by atoms with Gasteiger partial charge in [0.1, 0.15) is 11.5 Å². The largest absolute Gasteiger partial charge is 0.494 e. The first-order valence-electron chi connectivity index (χ1n) is 9.87. The van der Waals surface area contributed by atoms with Crippen LogP contribution < -0.4 is 4.74 Å². The fraction of sp³-hybridized carbons (Fsp3) is 0.682. The Labute approximate surface area is 146 Å². The lowest BCUT2D eigenvalue weighted by molar-refractivity contribution is -0.129. The third-order valence-corrected chi connectivity index (χ3v) is 7.38. The van der Waals surface area contributed by atoms with Gasteiger partial charge in [-0.25, -0.2) is 0 Å². The summed E-state index contributed by atoms with van der Waals surface area (Å²) in [5, 5.41) is 0. The van der Waals surface area contributed by atoms with Crippen LogP contribution in [0.4, 0.5) is 0 Å². The van der Waals surface area contributed by atoms with Crippen LogP contribution in [0.2, 0.25) is 0 Å². The van der Waals surface area contributed by atoms with E-state index in [1.54, 1.807) is 5.56 Å². The molecule has 5 atom stereocenters. The van der Waals surface area contributed by atoms with E-state index in [2.05, 4.69) is 32.0 Å². The summed E-state index contributed by atoms with van der Waals surface area (Å²) in [7, 11) is 0. The van der Waals surface area contributed by atoms with Crippen molar-refractivity contribution >= 4 is 5.78 Å². The van der Waals surface area contributed by atoms with E-state index >= 15 is 0 Å². The second-order valence-electron chi connectivity index (χ2n) is 8.38. The SMILES string of the molecule is CCOc1ccc2c(c1)CC[C@H]1[C@@H]3[C@H](CC)CC(=O)[C@@]3(C)CC[C@H]21. The van der Waals surface area contributed by atoms with Crippen molar-refractivity contribution in [2.75, 3.05) is 6.61 Å². The quantitative estimate of drug-likeness (QED) is 0.768. The first-order valence-corrected chi connectivity index (χ1v) is 9.87. The Hall–Kier alpha value is -1.31. The Morgan fingerprint density at radius 3 is 2.83 bits per heavy atom. The Morgan fingerprint density at radius 2 is 2.08 bits per heavy atom. The molecule has 4 rings (SSSR count). The number of Topliss-reactive ketones (excluding diaryl/α,β-unsaturated/α-hetero) is 1. The lowest BCUT2D eigenvalue weighted by Crippen LogP contribution is -2.44. The van der Waals surface area contributed by atoms with Crippen molar-refractivity contribution in [1.82, 2.24) is 0 Å². The summed E-state index contributed by atoms with van der Waals surface area (Å²) in [6, 6.07) is 6.73. The van der Waals surface area contributed by atoms with Crippen LogP contribution in [-0.2, 0) is 11.2 Å². The summed E-state index contributed by atoms with van der Waals surface area (Å²) in [4.78, 5) is 12.7. The number of ether oxygens (including phenoxy) is 1. The van der Waals surface area contributed by atoms with Crippen LogP contribution in [0, 0.1) is 23.2 Å². The molecule has 0 bridgehead atoms. The standard InChI is InChI=1S/C22H30O2/c1-4-14-13-20(23)22(3)11-10-18-17-9-7-16(24-5-2)12-15(17)6-8-19(18)21(14)22/h7,9,12,14,18-19,21H,4-6,8,10-11,13H2,1-3H3/t14-,18-,19-,21+,22-/m1/s1. The van der Waals surface area contributed by atoms with Crippen LogP contribution in [0.25, 0.3) is 0 Å². The summed E-state index contributed by atoms with van der Waals surface area (Å²) in [6.07, 6.45) is 6.65. The lowest BCUT2D eigenvalue weighted by Gasteiger charge is -2.49. The predicted molar refractivity (Wildman–Crippen MR) is 96.4 cm³/mol. The Morgan fingerprint density at radius 1 is 1.25 bits per heavy atom. The van der Waals surface area contributed by atoms with Crippen molar-refractivity contribution in [3.63, 3.8) is 0 Å². The number of carbonyl (C=O) groups excluding carboxylic acids is 1. The van der Waals surface area contributed by atoms with E-state index < -0.39 is 0 Å². The molecule has 0 amide bonds. The number of hydrogen-bond donors (Lipinski definition) is 0. The van der Waals surface area contributed by atoms with Gasteiger partial charge in [0, 0.05) is 11.8 Å². The van der Waals surface area contributed by atoms with Gasteiger partial charge >= 0.3 is 0 Å². The summed E-state index contributed by atoms with van der Waals surface area (Å²) < 4.78 is 5.70. The van der Waals surface area contributed by atoms with Crippen LogP contribution in [0.1, 0.15) is 69.9 Å². The van der Waals surface area contributed by atoms with Crippen LogP contribution in [0.5, 0.6) is 5.75 Å². The highest BCUT2D eigenvalue weighted by atomic mass is 16.5. The second kappa shape index (κ2) is 5.89. The van der Waals surface area contributed by atoms with E-state index in [9.17, 15) is 4.79 Å². The zero-order chi connectivity index (χ0) is 16.9. The van der Waals surface area contributed by atoms with Gasteiger partial charge in [-0.15, -0.1) is 0 Å². The van der Waals surface area contributed by atoms with Gasteiger partial charge in [0.05, 0.1) is 6.61 Å². The van der Waals surface area contributed by atoms with E-state index in [1.807, 2.05) is 6.92 Å². The minimum atomic E-state index is -0.0371. The van der Waals surface area contributed by atoms with E-state index in [1.165, 1.54) is 18.4 Å². The molecule has 0 unspecified atom stereocenters. The van der Waals surface area contributed by atoms with E-state index in [4.69, 9.17) is 4.74 Å². The number of fused-ring (bicyclic) bond motifs is 5. The summed E-state index contributed by atoms with van der Waals surface area (Å²) in [5.41, 5.74) is 3.00. The molecule has 130 valence electrons. The number of benzene rings is 1. The normalized spacial score (nSPS) is 37.5. The van der Waals surface area contributed by atoms with Gasteiger partial charge in [-0.1, -0.05) is 26.3 Å². The van der Waals surface area contributed by atoms with E-state index in [0.29, 0.717) is 29.5 Å². The lowest BCUT2D eigenvalue weighted by atomic mass is 9.54. The molecule has 24 heavy (non-hydrogen) atoms. The number of carbonyl (C=O) groups is 1. The van der Waals surface area contributed by atoms with Crippen molar-refractivity contribution in [3.8, 4) is 5.75 Å². The number of hydrogen-bond acceptors (Lipinski definition) is 2. The first-order chi connectivity index (χ1) is 11.6. The molecular weight excluding hydrogens is 296 g/mol. The van der Waals surface area contributed by atoms with Gasteiger partial charge in [-0.2, -0.15) is 0 Å². The maximum atomic E-state index is 12.7. The fourth-order valence-electron chi connectivity index (χ4n) is 6.26. The molecular formula is C22H30O2. The highest BCUT2D eigenvalue weighted by Gasteiger charge is 2.58. The molecule has 2 saturated carbocycles. The van der Waals surface area contributed by atoms with Crippen LogP contribution in [-0.4, -0.2) is 12.4 Å². The maximum absolute atomic E-state index is 12.7. The van der Waals surface area contributed by atoms with Crippen molar-refractivity contribution in [2.24, 2.45) is 23.2 Å². The zero-order valence-electron chi connectivity index (χ0n) is 15.3. The zero-order valence-corrected chi connectivity index (χ0v) is 15.3. The maximum Gasteiger partial charge on any atom is 0.139 e. The molecule has 3 aliphatic rings. The molecule has 1 aromatic carbocycles. The van der Waals surface area contributed by atoms with E-state index in [-0.39, 0.29) is 5.41 Å². The molecule has 2 nitrogen and oxygen atoms in total. The van der Waals surface area contributed by atoms with E-state index in [0.717, 1.165) is 38.0 Å². The Balaban J connectivity index is 1.68. The van der Waals surface area contributed by atoms with Crippen molar-refractivity contribution in [1.29, 1.82) is 0 Å². The topological polar surface area (TPSA) is 26.3 Å². The van der Waals surface area contributed by atoms with Crippen molar-refractivity contribution in [3.05, 3.63) is 29.3 Å². The second-order valence-corrected chi connectivity index (χ2v) is 8.38. The van der Waals surface area contributed by atoms with Gasteiger partial charge < -0.3 is 4.74 Å². The van der Waals surface area contributed by atoms with Gasteiger partial charge in [-0.05, 0) is 79.5 Å². The summed E-state index contributed by atoms with van der Waals surface area (Å²) in [5.74, 6) is 4.13. The molecule has 0 aliphatic heterocycles. The third kappa shape index (κ3) is 2.25. The van der Waals surface area contributed by atoms with Crippen molar-refractivity contribution < 1.29 is 9.53 Å². The smallest absolute Gasteiger partial charge is 0.139 e. The molecule has 0 radical (unpaired) electrons.